The Labute approximate surface area is 172 Å². The molecule has 6 nitrogen and oxygen atoms in total. The molecule has 2 atom stereocenters. The number of rotatable bonds is 7. The van der Waals surface area contributed by atoms with Gasteiger partial charge in [-0.2, -0.15) is 5.10 Å². The number of halogens is 1. The molecule has 148 valence electrons. The Morgan fingerprint density at radius 1 is 1.32 bits per heavy atom. The molecule has 0 aliphatic heterocycles. The number of primary amides is 1. The normalized spacial score (nSPS) is 13.4. The third kappa shape index (κ3) is 4.20. The number of hydrogen-bond donors (Lipinski definition) is 2. The van der Waals surface area contributed by atoms with Crippen molar-refractivity contribution in [3.05, 3.63) is 51.5 Å². The fourth-order valence-corrected chi connectivity index (χ4v) is 4.23. The van der Waals surface area contributed by atoms with Crippen LogP contribution in [0.15, 0.2) is 30.3 Å². The second-order valence-electron chi connectivity index (χ2n) is 6.94. The van der Waals surface area contributed by atoms with Crippen LogP contribution >= 0.6 is 22.9 Å². The molecule has 0 aliphatic rings. The maximum atomic E-state index is 12.7. The molecule has 0 radical (unpaired) electrons. The van der Waals surface area contributed by atoms with Gasteiger partial charge in [0, 0.05) is 10.4 Å². The van der Waals surface area contributed by atoms with Crippen molar-refractivity contribution in [3.63, 3.8) is 0 Å². The topological polar surface area (TPSA) is 90.0 Å². The highest BCUT2D eigenvalue weighted by molar-refractivity contribution is 7.20. The van der Waals surface area contributed by atoms with E-state index in [0.29, 0.717) is 16.4 Å². The molecule has 0 spiro atoms. The van der Waals surface area contributed by atoms with Gasteiger partial charge in [-0.1, -0.05) is 44.0 Å². The van der Waals surface area contributed by atoms with Gasteiger partial charge in [-0.25, -0.2) is 0 Å². The minimum atomic E-state index is -0.686. The molecule has 28 heavy (non-hydrogen) atoms. The lowest BCUT2D eigenvalue weighted by molar-refractivity contribution is -0.120. The zero-order valence-electron chi connectivity index (χ0n) is 16.0. The van der Waals surface area contributed by atoms with Gasteiger partial charge in [0.1, 0.15) is 10.9 Å². The van der Waals surface area contributed by atoms with Gasteiger partial charge in [0.05, 0.1) is 17.1 Å². The van der Waals surface area contributed by atoms with Crippen LogP contribution in [-0.4, -0.2) is 27.6 Å². The first-order chi connectivity index (χ1) is 13.3. The van der Waals surface area contributed by atoms with Crippen LogP contribution < -0.4 is 11.1 Å². The number of aryl methyl sites for hydroxylation is 1. The van der Waals surface area contributed by atoms with Crippen molar-refractivity contribution < 1.29 is 9.59 Å². The lowest BCUT2D eigenvalue weighted by atomic mass is 9.98. The largest absolute Gasteiger partial charge is 0.368 e. The Morgan fingerprint density at radius 2 is 2.00 bits per heavy atom. The van der Waals surface area contributed by atoms with Gasteiger partial charge in [-0.05, 0) is 36.6 Å². The Bertz CT molecular complexity index is 1010. The third-order valence-electron chi connectivity index (χ3n) is 4.88. The summed E-state index contributed by atoms with van der Waals surface area (Å²) >= 11 is 7.31. The highest BCUT2D eigenvalue weighted by Crippen LogP contribution is 2.29. The molecule has 2 aromatic heterocycles. The van der Waals surface area contributed by atoms with Gasteiger partial charge in [-0.15, -0.1) is 11.3 Å². The van der Waals surface area contributed by atoms with Gasteiger partial charge in [0.2, 0.25) is 5.91 Å². The maximum Gasteiger partial charge on any atom is 0.262 e. The maximum absolute atomic E-state index is 12.7. The second kappa shape index (κ2) is 8.32. The lowest BCUT2D eigenvalue weighted by Crippen LogP contribution is -2.48. The first-order valence-corrected chi connectivity index (χ1v) is 10.3. The second-order valence-corrected chi connectivity index (χ2v) is 8.41. The summed E-state index contributed by atoms with van der Waals surface area (Å²) in [7, 11) is 0. The van der Waals surface area contributed by atoms with E-state index in [1.807, 2.05) is 55.8 Å². The van der Waals surface area contributed by atoms with E-state index in [4.69, 9.17) is 17.3 Å². The number of carbonyl (C=O) groups excluding carboxylic acids is 2. The number of thiophene rings is 1. The molecule has 2 unspecified atom stereocenters. The number of hydrogen-bond acceptors (Lipinski definition) is 4. The predicted molar refractivity (Wildman–Crippen MR) is 113 cm³/mol. The van der Waals surface area contributed by atoms with Crippen LogP contribution in [0.3, 0.4) is 0 Å². The van der Waals surface area contributed by atoms with Gasteiger partial charge < -0.3 is 11.1 Å². The van der Waals surface area contributed by atoms with Crippen molar-refractivity contribution in [2.75, 3.05) is 0 Å². The van der Waals surface area contributed by atoms with Crippen LogP contribution in [0.1, 0.15) is 41.2 Å². The van der Waals surface area contributed by atoms with Gasteiger partial charge >= 0.3 is 0 Å². The van der Waals surface area contributed by atoms with Crippen molar-refractivity contribution in [2.24, 2.45) is 11.7 Å². The molecule has 3 rings (SSSR count). The van der Waals surface area contributed by atoms with Gasteiger partial charge in [0.15, 0.2) is 0 Å². The summed E-state index contributed by atoms with van der Waals surface area (Å²) in [5.74, 6) is -0.838. The summed E-state index contributed by atoms with van der Waals surface area (Å²) in [6, 6.07) is 8.73. The molecular weight excluding hydrogens is 396 g/mol. The molecule has 0 saturated heterocycles. The number of nitrogens with two attached hydrogens (primary N) is 1. The van der Waals surface area contributed by atoms with Crippen molar-refractivity contribution in [3.8, 4) is 0 Å². The third-order valence-corrected chi connectivity index (χ3v) is 6.28. The fraction of sp³-hybridized carbons (Fsp3) is 0.350. The molecule has 0 aliphatic carbocycles. The highest BCUT2D eigenvalue weighted by atomic mass is 35.5. The Hall–Kier alpha value is -2.38. The van der Waals surface area contributed by atoms with E-state index in [1.165, 1.54) is 11.3 Å². The molecule has 0 saturated carbocycles. The number of nitrogens with one attached hydrogen (secondary N) is 1. The zero-order chi connectivity index (χ0) is 20.4. The summed E-state index contributed by atoms with van der Waals surface area (Å²) in [5, 5.41) is 8.99. The lowest BCUT2D eigenvalue weighted by Gasteiger charge is -2.20. The average Bonchev–Trinajstić information content (AvgIpc) is 3.22. The summed E-state index contributed by atoms with van der Waals surface area (Å²) in [5.41, 5.74) is 7.39. The van der Waals surface area contributed by atoms with Crippen LogP contribution in [0.4, 0.5) is 0 Å². The number of benzene rings is 1. The van der Waals surface area contributed by atoms with Gasteiger partial charge in [0.25, 0.3) is 5.91 Å². The van der Waals surface area contributed by atoms with E-state index >= 15 is 0 Å². The smallest absolute Gasteiger partial charge is 0.262 e. The SMILES string of the molecule is CCC(C)C(NC(=O)c1cc2c(C)nn(Cc3ccc(Cl)cc3)c2s1)C(N)=O. The first-order valence-electron chi connectivity index (χ1n) is 9.11. The van der Waals surface area contributed by atoms with Gasteiger partial charge in [-0.3, -0.25) is 14.3 Å². The molecule has 0 bridgehead atoms. The van der Waals surface area contributed by atoms with Crippen LogP contribution in [0.5, 0.6) is 0 Å². The quantitative estimate of drug-likeness (QED) is 0.612. The van der Waals surface area contributed by atoms with Crippen molar-refractivity contribution >= 4 is 45.0 Å². The van der Waals surface area contributed by atoms with E-state index in [-0.39, 0.29) is 11.8 Å². The molecule has 3 N–H and O–H groups in total. The summed E-state index contributed by atoms with van der Waals surface area (Å²) in [6.07, 6.45) is 0.745. The summed E-state index contributed by atoms with van der Waals surface area (Å²) in [4.78, 5) is 25.9. The van der Waals surface area contributed by atoms with Crippen LogP contribution in [0, 0.1) is 12.8 Å². The molecule has 2 heterocycles. The van der Waals surface area contributed by atoms with Crippen molar-refractivity contribution in [1.29, 1.82) is 0 Å². The predicted octanol–water partition coefficient (Wildman–Crippen LogP) is 3.74. The number of aromatic nitrogens is 2. The molecule has 0 fully saturated rings. The molecular formula is C20H23ClN4O2S. The number of fused-ring (bicyclic) bond motifs is 1. The molecule has 3 aromatic rings. The fourth-order valence-electron chi connectivity index (χ4n) is 3.04. The minimum absolute atomic E-state index is 0.0297. The minimum Gasteiger partial charge on any atom is -0.368 e. The molecule has 8 heteroatoms. The zero-order valence-corrected chi connectivity index (χ0v) is 17.6. The summed E-state index contributed by atoms with van der Waals surface area (Å²) in [6.45, 7) is 6.36. The van der Waals surface area contributed by atoms with Crippen molar-refractivity contribution in [2.45, 2.75) is 39.8 Å². The Balaban J connectivity index is 1.86. The molecule has 1 aromatic carbocycles. The number of nitrogens with zero attached hydrogens (tertiary/aromatic N) is 2. The van der Waals surface area contributed by atoms with E-state index < -0.39 is 11.9 Å². The number of amides is 2. The standard InChI is InChI=1S/C20H23ClN4O2S/c1-4-11(2)17(18(22)26)23-19(27)16-9-15-12(3)24-25(20(15)28-16)10-13-5-7-14(21)8-6-13/h5-9,11,17H,4,10H2,1-3H3,(H2,22,26)(H,23,27). The molecule has 2 amide bonds. The van der Waals surface area contributed by atoms with Crippen LogP contribution in [0.25, 0.3) is 10.2 Å². The van der Waals surface area contributed by atoms with Crippen LogP contribution in [-0.2, 0) is 11.3 Å². The number of carbonyl (C=O) groups is 2. The average molecular weight is 419 g/mol. The highest BCUT2D eigenvalue weighted by Gasteiger charge is 2.25. The summed E-state index contributed by atoms with van der Waals surface area (Å²) < 4.78 is 1.88. The van der Waals surface area contributed by atoms with E-state index in [2.05, 4.69) is 10.4 Å². The Kier molecular flexibility index (Phi) is 6.05. The van der Waals surface area contributed by atoms with Crippen molar-refractivity contribution in [1.82, 2.24) is 15.1 Å². The van der Waals surface area contributed by atoms with E-state index in [9.17, 15) is 9.59 Å². The van der Waals surface area contributed by atoms with E-state index in [0.717, 1.165) is 27.9 Å². The van der Waals surface area contributed by atoms with E-state index in [1.54, 1.807) is 0 Å². The Morgan fingerprint density at radius 3 is 2.61 bits per heavy atom. The first kappa shape index (κ1) is 20.4. The van der Waals surface area contributed by atoms with Crippen LogP contribution in [0.2, 0.25) is 5.02 Å². The monoisotopic (exact) mass is 418 g/mol.